The van der Waals surface area contributed by atoms with Crippen molar-refractivity contribution in [1.29, 1.82) is 0 Å². The minimum atomic E-state index is -0.249. The van der Waals surface area contributed by atoms with E-state index in [1.165, 1.54) is 5.56 Å². The Bertz CT molecular complexity index is 693. The Morgan fingerprint density at radius 3 is 2.68 bits per heavy atom. The topological polar surface area (TPSA) is 38.1 Å². The summed E-state index contributed by atoms with van der Waals surface area (Å²) in [6.45, 7) is 1.59. The van der Waals surface area contributed by atoms with Gasteiger partial charge in [0.25, 0.3) is 0 Å². The van der Waals surface area contributed by atoms with Gasteiger partial charge in [0.15, 0.2) is 0 Å². The average Bonchev–Trinajstić information content (AvgIpc) is 3.00. The summed E-state index contributed by atoms with van der Waals surface area (Å²) in [7, 11) is 0. The molecule has 0 spiro atoms. The van der Waals surface area contributed by atoms with Crippen LogP contribution in [0.25, 0.3) is 0 Å². The van der Waals surface area contributed by atoms with Crippen LogP contribution < -0.4 is 0 Å². The van der Waals surface area contributed by atoms with E-state index in [9.17, 15) is 4.79 Å². The zero-order valence-corrected chi connectivity index (χ0v) is 13.9. The number of halogens is 1. The van der Waals surface area contributed by atoms with Crippen LogP contribution in [0.4, 0.5) is 0 Å². The van der Waals surface area contributed by atoms with Gasteiger partial charge >= 0.3 is 0 Å². The second kappa shape index (κ2) is 5.23. The molecule has 2 fully saturated rings. The van der Waals surface area contributed by atoms with E-state index in [4.69, 9.17) is 0 Å². The predicted octanol–water partition coefficient (Wildman–Crippen LogP) is 3.15. The van der Waals surface area contributed by atoms with Crippen molar-refractivity contribution in [3.8, 4) is 0 Å². The van der Waals surface area contributed by atoms with Gasteiger partial charge in [0.1, 0.15) is 0 Å². The van der Waals surface area contributed by atoms with E-state index in [-0.39, 0.29) is 5.41 Å². The molecule has 1 aliphatic heterocycles. The minimum Gasteiger partial charge on any atom is -0.340 e. The zero-order chi connectivity index (χ0) is 15.2. The molecule has 2 heterocycles. The van der Waals surface area contributed by atoms with Gasteiger partial charge in [0, 0.05) is 19.3 Å². The number of amides is 1. The average molecular weight is 360 g/mol. The first-order valence-electron chi connectivity index (χ1n) is 7.74. The summed E-state index contributed by atoms with van der Waals surface area (Å²) in [5, 5.41) is 4.36. The third kappa shape index (κ3) is 2.28. The van der Waals surface area contributed by atoms with E-state index in [2.05, 4.69) is 33.2 Å². The Hall–Kier alpha value is -1.62. The normalized spacial score (nSPS) is 22.8. The lowest BCUT2D eigenvalue weighted by Crippen LogP contribution is -2.38. The number of carbonyl (C=O) groups excluding carboxylic acids is 1. The second-order valence-electron chi connectivity index (χ2n) is 6.28. The molecule has 0 radical (unpaired) electrons. The number of likely N-dealkylation sites (tertiary alicyclic amines) is 1. The van der Waals surface area contributed by atoms with E-state index in [0.29, 0.717) is 11.9 Å². The van der Waals surface area contributed by atoms with Gasteiger partial charge in [-0.3, -0.25) is 9.48 Å². The molecular formula is C17H18BrN3O. The van der Waals surface area contributed by atoms with Crippen molar-refractivity contribution in [3.05, 3.63) is 52.8 Å². The second-order valence-corrected chi connectivity index (χ2v) is 7.20. The molecule has 1 atom stereocenters. The highest BCUT2D eigenvalue weighted by Gasteiger charge is 2.53. The van der Waals surface area contributed by atoms with Crippen molar-refractivity contribution in [2.24, 2.45) is 0 Å². The van der Waals surface area contributed by atoms with Crippen molar-refractivity contribution >= 4 is 21.8 Å². The van der Waals surface area contributed by atoms with Gasteiger partial charge in [-0.2, -0.15) is 5.10 Å². The van der Waals surface area contributed by atoms with Crippen molar-refractivity contribution in [3.63, 3.8) is 0 Å². The largest absolute Gasteiger partial charge is 0.340 e. The van der Waals surface area contributed by atoms with Crippen LogP contribution in [0.15, 0.2) is 47.2 Å². The Morgan fingerprint density at radius 2 is 2.05 bits per heavy atom. The van der Waals surface area contributed by atoms with Crippen LogP contribution in [0.1, 0.15) is 30.9 Å². The first-order chi connectivity index (χ1) is 10.7. The monoisotopic (exact) mass is 359 g/mol. The van der Waals surface area contributed by atoms with Gasteiger partial charge in [-0.15, -0.1) is 0 Å². The molecule has 1 unspecified atom stereocenters. The summed E-state index contributed by atoms with van der Waals surface area (Å²) in [6, 6.07) is 10.5. The Balaban J connectivity index is 1.50. The van der Waals surface area contributed by atoms with Gasteiger partial charge in [0.2, 0.25) is 5.91 Å². The van der Waals surface area contributed by atoms with Crippen LogP contribution in [0, 0.1) is 0 Å². The number of hydrogen-bond donors (Lipinski definition) is 0. The molecule has 1 aromatic heterocycles. The summed E-state index contributed by atoms with van der Waals surface area (Å²) in [5.41, 5.74) is 0.922. The van der Waals surface area contributed by atoms with Crippen molar-refractivity contribution in [2.75, 3.05) is 13.1 Å². The molecule has 1 saturated carbocycles. The van der Waals surface area contributed by atoms with Gasteiger partial charge < -0.3 is 4.90 Å². The summed E-state index contributed by atoms with van der Waals surface area (Å²) < 4.78 is 2.96. The number of aromatic nitrogens is 2. The van der Waals surface area contributed by atoms with Gasteiger partial charge in [-0.25, -0.2) is 0 Å². The third-order valence-corrected chi connectivity index (χ3v) is 5.29. The standard InChI is InChI=1S/C17H18BrN3O/c18-14-10-19-21(11-14)15-6-9-20(12-15)16(22)17(7-8-17)13-4-2-1-3-5-13/h1-5,10-11,15H,6-9,12H2. The van der Waals surface area contributed by atoms with Crippen LogP contribution in [0.3, 0.4) is 0 Å². The summed E-state index contributed by atoms with van der Waals surface area (Å²) >= 11 is 3.43. The summed E-state index contributed by atoms with van der Waals surface area (Å²) in [6.07, 6.45) is 6.72. The Labute approximate surface area is 138 Å². The van der Waals surface area contributed by atoms with Crippen LogP contribution in [-0.4, -0.2) is 33.7 Å². The minimum absolute atomic E-state index is 0.249. The molecular weight excluding hydrogens is 342 g/mol. The van der Waals surface area contributed by atoms with Crippen LogP contribution >= 0.6 is 15.9 Å². The highest BCUT2D eigenvalue weighted by atomic mass is 79.9. The third-order valence-electron chi connectivity index (χ3n) is 4.88. The fraction of sp³-hybridized carbons (Fsp3) is 0.412. The molecule has 1 aliphatic carbocycles. The fourth-order valence-electron chi connectivity index (χ4n) is 3.47. The fourth-order valence-corrected chi connectivity index (χ4v) is 3.77. The van der Waals surface area contributed by atoms with E-state index in [1.54, 1.807) is 6.20 Å². The molecule has 22 heavy (non-hydrogen) atoms. The maximum absolute atomic E-state index is 13.0. The Kier molecular flexibility index (Phi) is 3.33. The molecule has 2 aliphatic rings. The molecule has 2 aromatic rings. The van der Waals surface area contributed by atoms with Gasteiger partial charge in [0.05, 0.1) is 22.1 Å². The lowest BCUT2D eigenvalue weighted by atomic mass is 9.94. The summed E-state index contributed by atoms with van der Waals surface area (Å²) in [4.78, 5) is 15.0. The molecule has 1 saturated heterocycles. The maximum atomic E-state index is 13.0. The van der Waals surface area contributed by atoms with Crippen molar-refractivity contribution < 1.29 is 4.79 Å². The molecule has 0 bridgehead atoms. The van der Waals surface area contributed by atoms with E-state index < -0.39 is 0 Å². The molecule has 5 heteroatoms. The number of carbonyl (C=O) groups is 1. The van der Waals surface area contributed by atoms with E-state index in [0.717, 1.165) is 36.8 Å². The first-order valence-corrected chi connectivity index (χ1v) is 8.53. The molecule has 0 N–H and O–H groups in total. The quantitative estimate of drug-likeness (QED) is 0.844. The number of benzene rings is 1. The lowest BCUT2D eigenvalue weighted by molar-refractivity contribution is -0.133. The van der Waals surface area contributed by atoms with E-state index in [1.807, 2.05) is 34.0 Å². The molecule has 4 rings (SSSR count). The SMILES string of the molecule is O=C(N1CCC(n2cc(Br)cn2)C1)C1(c2ccccc2)CC1. The van der Waals surface area contributed by atoms with Crippen molar-refractivity contribution in [1.82, 2.24) is 14.7 Å². The maximum Gasteiger partial charge on any atom is 0.233 e. The smallest absolute Gasteiger partial charge is 0.233 e. The number of nitrogens with zero attached hydrogens (tertiary/aromatic N) is 3. The van der Waals surface area contributed by atoms with Crippen LogP contribution in [0.2, 0.25) is 0 Å². The predicted molar refractivity (Wildman–Crippen MR) is 87.5 cm³/mol. The van der Waals surface area contributed by atoms with Crippen LogP contribution in [0.5, 0.6) is 0 Å². The highest BCUT2D eigenvalue weighted by Crippen LogP contribution is 2.50. The molecule has 114 valence electrons. The lowest BCUT2D eigenvalue weighted by Gasteiger charge is -2.23. The number of hydrogen-bond acceptors (Lipinski definition) is 2. The molecule has 1 aromatic carbocycles. The molecule has 1 amide bonds. The van der Waals surface area contributed by atoms with Crippen molar-refractivity contribution in [2.45, 2.75) is 30.7 Å². The van der Waals surface area contributed by atoms with E-state index >= 15 is 0 Å². The first kappa shape index (κ1) is 14.0. The zero-order valence-electron chi connectivity index (χ0n) is 12.3. The number of rotatable bonds is 3. The van der Waals surface area contributed by atoms with Gasteiger partial charge in [-0.05, 0) is 40.8 Å². The van der Waals surface area contributed by atoms with Gasteiger partial charge in [-0.1, -0.05) is 30.3 Å². The molecule has 4 nitrogen and oxygen atoms in total. The highest BCUT2D eigenvalue weighted by molar-refractivity contribution is 9.10. The van der Waals surface area contributed by atoms with Crippen LogP contribution in [-0.2, 0) is 10.2 Å². The Morgan fingerprint density at radius 1 is 1.27 bits per heavy atom. The summed E-state index contributed by atoms with van der Waals surface area (Å²) in [5.74, 6) is 0.299.